The molecule has 4 heteroatoms. The molecule has 104 valence electrons. The maximum Gasteiger partial charge on any atom is 0.335 e. The molecular weight excluding hydrogens is 318 g/mol. The number of nitrogens with zero attached hydrogens (tertiary/aromatic N) is 1. The molecule has 0 amide bonds. The third-order valence-electron chi connectivity index (χ3n) is 3.29. The lowest BCUT2D eigenvalue weighted by Gasteiger charge is -2.21. The normalized spacial score (nSPS) is 10.3. The summed E-state index contributed by atoms with van der Waals surface area (Å²) in [4.78, 5) is 13.0. The quantitative estimate of drug-likeness (QED) is 0.896. The molecule has 0 spiro atoms. The van der Waals surface area contributed by atoms with E-state index in [1.54, 1.807) is 18.2 Å². The predicted octanol–water partition coefficient (Wildman–Crippen LogP) is 4.48. The van der Waals surface area contributed by atoms with Crippen molar-refractivity contribution in [2.45, 2.75) is 13.3 Å². The van der Waals surface area contributed by atoms with Crippen LogP contribution < -0.4 is 4.90 Å². The van der Waals surface area contributed by atoms with Crippen molar-refractivity contribution in [3.63, 3.8) is 0 Å². The van der Waals surface area contributed by atoms with E-state index in [1.807, 2.05) is 11.9 Å². The van der Waals surface area contributed by atoms with Gasteiger partial charge in [0.05, 0.1) is 11.3 Å². The van der Waals surface area contributed by atoms with Crippen molar-refractivity contribution in [1.29, 1.82) is 0 Å². The first kappa shape index (κ1) is 14.6. The van der Waals surface area contributed by atoms with Crippen LogP contribution in [-0.4, -0.2) is 18.1 Å². The number of halogens is 1. The number of rotatable bonds is 4. The molecule has 0 fully saturated rings. The molecule has 20 heavy (non-hydrogen) atoms. The van der Waals surface area contributed by atoms with E-state index >= 15 is 0 Å². The van der Waals surface area contributed by atoms with E-state index in [1.165, 1.54) is 5.56 Å². The minimum Gasteiger partial charge on any atom is -0.478 e. The number of carboxylic acid groups (broad SMARTS) is 1. The second-order valence-electron chi connectivity index (χ2n) is 4.55. The first-order chi connectivity index (χ1) is 9.52. The van der Waals surface area contributed by atoms with Crippen LogP contribution in [0.5, 0.6) is 0 Å². The Kier molecular flexibility index (Phi) is 4.45. The molecule has 0 saturated carbocycles. The molecular formula is C16H16BrNO2. The average Bonchev–Trinajstić information content (AvgIpc) is 2.46. The average molecular weight is 334 g/mol. The van der Waals surface area contributed by atoms with Gasteiger partial charge in [-0.15, -0.1) is 0 Å². The zero-order valence-electron chi connectivity index (χ0n) is 11.4. The summed E-state index contributed by atoms with van der Waals surface area (Å²) in [7, 11) is 1.96. The van der Waals surface area contributed by atoms with Crippen LogP contribution in [0.2, 0.25) is 0 Å². The Labute approximate surface area is 127 Å². The van der Waals surface area contributed by atoms with Crippen LogP contribution in [0.1, 0.15) is 22.8 Å². The van der Waals surface area contributed by atoms with Crippen LogP contribution in [0, 0.1) is 0 Å². The number of aromatic carboxylic acids is 1. The summed E-state index contributed by atoms with van der Waals surface area (Å²) in [6, 6.07) is 13.4. The first-order valence-corrected chi connectivity index (χ1v) is 7.17. The van der Waals surface area contributed by atoms with Crippen molar-refractivity contribution in [1.82, 2.24) is 0 Å². The minimum absolute atomic E-state index is 0.273. The largest absolute Gasteiger partial charge is 0.478 e. The fourth-order valence-electron chi connectivity index (χ4n) is 2.01. The number of hydrogen-bond acceptors (Lipinski definition) is 2. The zero-order valence-corrected chi connectivity index (χ0v) is 13.0. The second-order valence-corrected chi connectivity index (χ2v) is 5.40. The fraction of sp³-hybridized carbons (Fsp3) is 0.188. The Bertz CT molecular complexity index is 623. The van der Waals surface area contributed by atoms with Crippen molar-refractivity contribution in [2.24, 2.45) is 0 Å². The van der Waals surface area contributed by atoms with E-state index in [0.29, 0.717) is 0 Å². The van der Waals surface area contributed by atoms with Crippen molar-refractivity contribution in [2.75, 3.05) is 11.9 Å². The predicted molar refractivity (Wildman–Crippen MR) is 85.0 cm³/mol. The van der Waals surface area contributed by atoms with Crippen molar-refractivity contribution in [3.05, 3.63) is 58.1 Å². The van der Waals surface area contributed by atoms with Crippen LogP contribution >= 0.6 is 15.9 Å². The van der Waals surface area contributed by atoms with Crippen molar-refractivity contribution >= 4 is 33.3 Å². The standard InChI is InChI=1S/C16H16BrNO2/c1-3-11-4-7-13(8-5-11)18(2)15-9-6-12(16(19)20)10-14(15)17/h4-10H,3H2,1-2H3,(H,19,20). The molecule has 0 unspecified atom stereocenters. The van der Waals surface area contributed by atoms with Gasteiger partial charge in [0.1, 0.15) is 0 Å². The molecule has 2 aromatic carbocycles. The third kappa shape index (κ3) is 3.02. The number of carbonyl (C=O) groups is 1. The minimum atomic E-state index is -0.924. The molecule has 0 saturated heterocycles. The van der Waals surface area contributed by atoms with E-state index in [4.69, 9.17) is 5.11 Å². The lowest BCUT2D eigenvalue weighted by Crippen LogP contribution is -2.10. The second kappa shape index (κ2) is 6.09. The Morgan fingerprint density at radius 1 is 1.20 bits per heavy atom. The lowest BCUT2D eigenvalue weighted by atomic mass is 10.1. The molecule has 0 heterocycles. The molecule has 0 radical (unpaired) electrons. The number of anilines is 2. The Balaban J connectivity index is 2.32. The number of hydrogen-bond donors (Lipinski definition) is 1. The van der Waals surface area contributed by atoms with Crippen molar-refractivity contribution in [3.8, 4) is 0 Å². The van der Waals surface area contributed by atoms with Gasteiger partial charge in [0.15, 0.2) is 0 Å². The first-order valence-electron chi connectivity index (χ1n) is 6.38. The van der Waals surface area contributed by atoms with Gasteiger partial charge in [-0.3, -0.25) is 0 Å². The van der Waals surface area contributed by atoms with E-state index in [-0.39, 0.29) is 5.56 Å². The van der Waals surface area contributed by atoms with Crippen LogP contribution in [0.15, 0.2) is 46.9 Å². The highest BCUT2D eigenvalue weighted by Crippen LogP contribution is 2.31. The van der Waals surface area contributed by atoms with Gasteiger partial charge in [0.25, 0.3) is 0 Å². The smallest absolute Gasteiger partial charge is 0.335 e. The van der Waals surface area contributed by atoms with Gasteiger partial charge in [-0.1, -0.05) is 19.1 Å². The molecule has 0 atom stereocenters. The van der Waals surface area contributed by atoms with Gasteiger partial charge in [-0.2, -0.15) is 0 Å². The Hall–Kier alpha value is -1.81. The molecule has 0 aliphatic carbocycles. The Morgan fingerprint density at radius 3 is 2.35 bits per heavy atom. The Morgan fingerprint density at radius 2 is 1.85 bits per heavy atom. The third-order valence-corrected chi connectivity index (χ3v) is 3.92. The topological polar surface area (TPSA) is 40.5 Å². The van der Waals surface area contributed by atoms with Gasteiger partial charge in [0, 0.05) is 17.2 Å². The maximum absolute atomic E-state index is 10.9. The fourth-order valence-corrected chi connectivity index (χ4v) is 2.65. The van der Waals surface area contributed by atoms with E-state index < -0.39 is 5.97 Å². The summed E-state index contributed by atoms with van der Waals surface area (Å²) in [5, 5.41) is 8.98. The summed E-state index contributed by atoms with van der Waals surface area (Å²) in [6.07, 6.45) is 1.01. The van der Waals surface area contributed by atoms with Crippen LogP contribution in [-0.2, 0) is 6.42 Å². The van der Waals surface area contributed by atoms with E-state index in [9.17, 15) is 4.79 Å². The van der Waals surface area contributed by atoms with Gasteiger partial charge in [-0.05, 0) is 58.2 Å². The maximum atomic E-state index is 10.9. The van der Waals surface area contributed by atoms with E-state index in [0.717, 1.165) is 22.3 Å². The number of carboxylic acids is 1. The van der Waals surface area contributed by atoms with Gasteiger partial charge in [-0.25, -0.2) is 4.79 Å². The molecule has 3 nitrogen and oxygen atoms in total. The highest BCUT2D eigenvalue weighted by atomic mass is 79.9. The van der Waals surface area contributed by atoms with Gasteiger partial charge >= 0.3 is 5.97 Å². The van der Waals surface area contributed by atoms with Crippen molar-refractivity contribution < 1.29 is 9.90 Å². The van der Waals surface area contributed by atoms with E-state index in [2.05, 4.69) is 47.1 Å². The lowest BCUT2D eigenvalue weighted by molar-refractivity contribution is 0.0697. The SMILES string of the molecule is CCc1ccc(N(C)c2ccc(C(=O)O)cc2Br)cc1. The molecule has 0 bridgehead atoms. The summed E-state index contributed by atoms with van der Waals surface area (Å²) in [6.45, 7) is 2.12. The molecule has 0 aromatic heterocycles. The summed E-state index contributed by atoms with van der Waals surface area (Å²) < 4.78 is 0.763. The summed E-state index contributed by atoms with van der Waals surface area (Å²) >= 11 is 3.44. The summed E-state index contributed by atoms with van der Waals surface area (Å²) in [5.74, 6) is -0.924. The summed E-state index contributed by atoms with van der Waals surface area (Å²) in [5.41, 5.74) is 3.56. The highest BCUT2D eigenvalue weighted by Gasteiger charge is 2.11. The molecule has 2 rings (SSSR count). The van der Waals surface area contributed by atoms with Crippen LogP contribution in [0.3, 0.4) is 0 Å². The molecule has 2 aromatic rings. The highest BCUT2D eigenvalue weighted by molar-refractivity contribution is 9.10. The van der Waals surface area contributed by atoms with Gasteiger partial charge < -0.3 is 10.0 Å². The number of benzene rings is 2. The zero-order chi connectivity index (χ0) is 14.7. The van der Waals surface area contributed by atoms with Crippen LogP contribution in [0.4, 0.5) is 11.4 Å². The number of aryl methyl sites for hydroxylation is 1. The monoisotopic (exact) mass is 333 g/mol. The molecule has 0 aliphatic heterocycles. The van der Waals surface area contributed by atoms with Crippen LogP contribution in [0.25, 0.3) is 0 Å². The molecule has 1 N–H and O–H groups in total. The molecule has 0 aliphatic rings. The van der Waals surface area contributed by atoms with Gasteiger partial charge in [0.2, 0.25) is 0 Å².